The van der Waals surface area contributed by atoms with Crippen LogP contribution in [-0.4, -0.2) is 44.8 Å². The third-order valence-electron chi connectivity index (χ3n) is 3.04. The molecule has 0 aromatic rings. The largest absolute Gasteiger partial charge is 0.481 e. The third kappa shape index (κ3) is 4.01. The van der Waals surface area contributed by atoms with Gasteiger partial charge >= 0.3 is 5.97 Å². The molecule has 18 heavy (non-hydrogen) atoms. The highest BCUT2D eigenvalue weighted by Crippen LogP contribution is 2.30. The van der Waals surface area contributed by atoms with Crippen LogP contribution in [-0.2, 0) is 14.4 Å². The molecule has 1 fully saturated rings. The van der Waals surface area contributed by atoms with Gasteiger partial charge in [0.2, 0.25) is 5.91 Å². The highest BCUT2D eigenvalue weighted by Gasteiger charge is 2.39. The predicted molar refractivity (Wildman–Crippen MR) is 69.3 cm³/mol. The number of rotatable bonds is 5. The van der Waals surface area contributed by atoms with Crippen molar-refractivity contribution in [2.45, 2.75) is 39.2 Å². The number of aliphatic carboxylic acids is 1. The van der Waals surface area contributed by atoms with Gasteiger partial charge in [0.1, 0.15) is 0 Å². The number of thioether (sulfide) groups is 1. The lowest BCUT2D eigenvalue weighted by atomic mass is 9.98. The Morgan fingerprint density at radius 3 is 2.61 bits per heavy atom. The summed E-state index contributed by atoms with van der Waals surface area (Å²) in [6, 6.07) is 0. The fourth-order valence-electron chi connectivity index (χ4n) is 2.18. The van der Waals surface area contributed by atoms with Gasteiger partial charge in [-0.1, -0.05) is 11.8 Å². The van der Waals surface area contributed by atoms with Crippen LogP contribution in [0.25, 0.3) is 0 Å². The highest BCUT2D eigenvalue weighted by atomic mass is 32.2. The van der Waals surface area contributed by atoms with E-state index in [0.717, 1.165) is 0 Å². The fourth-order valence-corrected chi connectivity index (χ4v) is 2.87. The van der Waals surface area contributed by atoms with Crippen molar-refractivity contribution < 1.29 is 19.5 Å². The maximum absolute atomic E-state index is 11.9. The van der Waals surface area contributed by atoms with Gasteiger partial charge in [0, 0.05) is 31.2 Å². The first-order valence-corrected chi connectivity index (χ1v) is 6.86. The monoisotopic (exact) mass is 273 g/mol. The number of amides is 1. The number of likely N-dealkylation sites (tertiary alicyclic amines) is 1. The average molecular weight is 273 g/mol. The van der Waals surface area contributed by atoms with Crippen LogP contribution in [0.1, 0.15) is 33.6 Å². The first-order valence-electron chi connectivity index (χ1n) is 5.88. The van der Waals surface area contributed by atoms with E-state index in [-0.39, 0.29) is 23.4 Å². The van der Waals surface area contributed by atoms with Gasteiger partial charge in [0.15, 0.2) is 5.12 Å². The minimum Gasteiger partial charge on any atom is -0.481 e. The van der Waals surface area contributed by atoms with E-state index in [2.05, 4.69) is 0 Å². The van der Waals surface area contributed by atoms with Crippen molar-refractivity contribution in [3.63, 3.8) is 0 Å². The lowest BCUT2D eigenvalue weighted by Gasteiger charge is -2.34. The molecule has 0 saturated carbocycles. The van der Waals surface area contributed by atoms with Crippen molar-refractivity contribution in [3.05, 3.63) is 0 Å². The summed E-state index contributed by atoms with van der Waals surface area (Å²) in [5.41, 5.74) is -0.668. The van der Waals surface area contributed by atoms with Gasteiger partial charge in [-0.2, -0.15) is 0 Å². The van der Waals surface area contributed by atoms with Crippen molar-refractivity contribution >= 4 is 28.8 Å². The summed E-state index contributed by atoms with van der Waals surface area (Å²) in [7, 11) is 0. The molecule has 6 heteroatoms. The van der Waals surface area contributed by atoms with Gasteiger partial charge in [0.25, 0.3) is 0 Å². The number of hydrogen-bond donors (Lipinski definition) is 1. The minimum absolute atomic E-state index is 0.0181. The normalized spacial score (nSPS) is 20.3. The maximum atomic E-state index is 11.9. The maximum Gasteiger partial charge on any atom is 0.305 e. The summed E-state index contributed by atoms with van der Waals surface area (Å²) in [5.74, 6) is -0.162. The number of carbonyl (C=O) groups excluding carboxylic acids is 2. The fraction of sp³-hybridized carbons (Fsp3) is 0.750. The van der Waals surface area contributed by atoms with E-state index in [1.807, 2.05) is 0 Å². The topological polar surface area (TPSA) is 74.7 Å². The first-order chi connectivity index (χ1) is 8.22. The second kappa shape index (κ2) is 5.73. The van der Waals surface area contributed by atoms with E-state index in [0.29, 0.717) is 18.7 Å². The molecule has 1 heterocycles. The molecule has 1 aliphatic heterocycles. The Hall–Kier alpha value is -1.04. The Bertz CT molecular complexity index is 367. The molecule has 0 aromatic carbocycles. The third-order valence-corrected chi connectivity index (χ3v) is 4.09. The van der Waals surface area contributed by atoms with E-state index in [1.54, 1.807) is 18.7 Å². The van der Waals surface area contributed by atoms with Crippen LogP contribution in [0.15, 0.2) is 0 Å². The zero-order chi connectivity index (χ0) is 13.9. The summed E-state index contributed by atoms with van der Waals surface area (Å²) in [4.78, 5) is 35.2. The molecular formula is C12H19NO4S. The number of carboxylic acid groups (broad SMARTS) is 1. The van der Waals surface area contributed by atoms with E-state index >= 15 is 0 Å². The molecule has 0 spiro atoms. The molecule has 102 valence electrons. The van der Waals surface area contributed by atoms with Gasteiger partial charge in [0.05, 0.1) is 6.42 Å². The minimum atomic E-state index is -0.908. The Morgan fingerprint density at radius 1 is 1.50 bits per heavy atom. The summed E-state index contributed by atoms with van der Waals surface area (Å²) >= 11 is 1.22. The quantitative estimate of drug-likeness (QED) is 0.818. The predicted octanol–water partition coefficient (Wildman–Crippen LogP) is 1.37. The number of nitrogens with zero attached hydrogens (tertiary/aromatic N) is 1. The van der Waals surface area contributed by atoms with Crippen LogP contribution in [0, 0.1) is 5.92 Å². The standard InChI is InChI=1S/C12H19NO4S/c1-8(14)18-7-9-4-10(15)13(6-9)12(2,3)5-11(16)17/h9H,4-7H2,1-3H3,(H,16,17). The van der Waals surface area contributed by atoms with Crippen LogP contribution in [0.5, 0.6) is 0 Å². The second-order valence-corrected chi connectivity index (χ2v) is 6.46. The lowest BCUT2D eigenvalue weighted by molar-refractivity contribution is -0.142. The molecule has 1 N–H and O–H groups in total. The Kier molecular flexibility index (Phi) is 4.78. The summed E-state index contributed by atoms with van der Waals surface area (Å²) < 4.78 is 0. The van der Waals surface area contributed by atoms with E-state index < -0.39 is 11.5 Å². The molecule has 1 atom stereocenters. The van der Waals surface area contributed by atoms with Gasteiger partial charge in [-0.25, -0.2) is 0 Å². The Morgan fingerprint density at radius 2 is 2.11 bits per heavy atom. The van der Waals surface area contributed by atoms with Gasteiger partial charge in [-0.3, -0.25) is 14.4 Å². The van der Waals surface area contributed by atoms with Crippen LogP contribution in [0.3, 0.4) is 0 Å². The summed E-state index contributed by atoms with van der Waals surface area (Å²) in [5, 5.41) is 8.90. The SMILES string of the molecule is CC(=O)SCC1CC(=O)N(C(C)(C)CC(=O)O)C1. The molecule has 1 amide bonds. The zero-order valence-electron chi connectivity index (χ0n) is 10.9. The molecule has 0 aromatic heterocycles. The molecule has 1 saturated heterocycles. The van der Waals surface area contributed by atoms with Gasteiger partial charge < -0.3 is 10.0 Å². The van der Waals surface area contributed by atoms with E-state index in [9.17, 15) is 14.4 Å². The Balaban J connectivity index is 2.61. The van der Waals surface area contributed by atoms with Crippen molar-refractivity contribution in [2.24, 2.45) is 5.92 Å². The van der Waals surface area contributed by atoms with Crippen LogP contribution in [0.2, 0.25) is 0 Å². The summed E-state index contributed by atoms with van der Waals surface area (Å²) in [6.45, 7) is 5.58. The van der Waals surface area contributed by atoms with Crippen LogP contribution < -0.4 is 0 Å². The molecule has 0 aliphatic carbocycles. The molecule has 1 rings (SSSR count). The van der Waals surface area contributed by atoms with Crippen molar-refractivity contribution in [1.82, 2.24) is 4.90 Å². The van der Waals surface area contributed by atoms with Crippen molar-refractivity contribution in [1.29, 1.82) is 0 Å². The molecule has 1 unspecified atom stereocenters. The van der Waals surface area contributed by atoms with Gasteiger partial charge in [-0.15, -0.1) is 0 Å². The number of carboxylic acids is 1. The number of hydrogen-bond acceptors (Lipinski definition) is 4. The molecule has 0 radical (unpaired) electrons. The average Bonchev–Trinajstić information content (AvgIpc) is 2.55. The van der Waals surface area contributed by atoms with Crippen LogP contribution >= 0.6 is 11.8 Å². The molecule has 0 bridgehead atoms. The van der Waals surface area contributed by atoms with E-state index in [1.165, 1.54) is 18.7 Å². The Labute approximate surface area is 111 Å². The molecular weight excluding hydrogens is 254 g/mol. The van der Waals surface area contributed by atoms with Gasteiger partial charge in [-0.05, 0) is 19.8 Å². The van der Waals surface area contributed by atoms with E-state index in [4.69, 9.17) is 5.11 Å². The van der Waals surface area contributed by atoms with Crippen molar-refractivity contribution in [2.75, 3.05) is 12.3 Å². The first kappa shape index (κ1) is 15.0. The number of carbonyl (C=O) groups is 3. The lowest BCUT2D eigenvalue weighted by Crippen LogP contribution is -2.46. The second-order valence-electron chi connectivity index (χ2n) is 5.26. The summed E-state index contributed by atoms with van der Waals surface area (Å²) in [6.07, 6.45) is 0.342. The smallest absolute Gasteiger partial charge is 0.305 e. The highest BCUT2D eigenvalue weighted by molar-refractivity contribution is 8.13. The van der Waals surface area contributed by atoms with Crippen molar-refractivity contribution in [3.8, 4) is 0 Å². The molecule has 1 aliphatic rings. The molecule has 5 nitrogen and oxygen atoms in total. The zero-order valence-corrected chi connectivity index (χ0v) is 11.7. The van der Waals surface area contributed by atoms with Crippen LogP contribution in [0.4, 0.5) is 0 Å².